The summed E-state index contributed by atoms with van der Waals surface area (Å²) in [5.41, 5.74) is 0.476. The number of halogens is 1. The Morgan fingerprint density at radius 1 is 1.41 bits per heavy atom. The maximum atomic E-state index is 13.5. The number of allylic oxidation sites excluding steroid dienone is 1. The van der Waals surface area contributed by atoms with Gasteiger partial charge in [-0.05, 0) is 30.5 Å². The number of rotatable bonds is 2. The fraction of sp³-hybridized carbons (Fsp3) is 0.591. The molecule has 0 unspecified atom stereocenters. The number of nitrogens with one attached hydrogen (secondary N) is 1. The van der Waals surface area contributed by atoms with Crippen molar-refractivity contribution in [1.82, 2.24) is 0 Å². The van der Waals surface area contributed by atoms with E-state index in [1.165, 1.54) is 7.11 Å². The van der Waals surface area contributed by atoms with E-state index in [0.29, 0.717) is 17.3 Å². The van der Waals surface area contributed by atoms with Crippen LogP contribution < -0.4 is 17.7 Å². The lowest BCUT2D eigenvalue weighted by Gasteiger charge is -2.58. The Morgan fingerprint density at radius 2 is 2.14 bits per heavy atom. The summed E-state index contributed by atoms with van der Waals surface area (Å²) in [5.74, 6) is -0.629. The average molecular weight is 421 g/mol. The van der Waals surface area contributed by atoms with Crippen molar-refractivity contribution in [2.24, 2.45) is 11.3 Å². The molecule has 0 amide bonds. The van der Waals surface area contributed by atoms with Crippen molar-refractivity contribution in [3.8, 4) is 0 Å². The lowest BCUT2D eigenvalue weighted by Crippen LogP contribution is -3.00. The largest absolute Gasteiger partial charge is 1.00 e. The van der Waals surface area contributed by atoms with Crippen molar-refractivity contribution in [3.05, 3.63) is 41.5 Å². The van der Waals surface area contributed by atoms with Gasteiger partial charge in [0.25, 0.3) is 0 Å². The second-order valence-corrected chi connectivity index (χ2v) is 9.16. The summed E-state index contributed by atoms with van der Waals surface area (Å²) in [4.78, 5) is 13.5. The smallest absolute Gasteiger partial charge is 0.316 e. The topological polar surface area (TPSA) is 78.8 Å². The van der Waals surface area contributed by atoms with E-state index in [9.17, 15) is 15.0 Å². The molecule has 1 aromatic rings. The van der Waals surface area contributed by atoms with Gasteiger partial charge in [-0.3, -0.25) is 9.28 Å². The van der Waals surface area contributed by atoms with Crippen LogP contribution in [0.25, 0.3) is 0 Å². The first-order valence-corrected chi connectivity index (χ1v) is 10.1. The van der Waals surface area contributed by atoms with Gasteiger partial charge in [0.15, 0.2) is 0 Å². The summed E-state index contributed by atoms with van der Waals surface area (Å²) in [6.07, 6.45) is 2.59. The van der Waals surface area contributed by atoms with Crippen molar-refractivity contribution in [2.75, 3.05) is 39.2 Å². The van der Waals surface area contributed by atoms with Gasteiger partial charge >= 0.3 is 5.97 Å². The molecule has 4 bridgehead atoms. The number of aliphatic hydroxyl groups is 2. The van der Waals surface area contributed by atoms with Crippen molar-refractivity contribution in [2.45, 2.75) is 36.9 Å². The highest BCUT2D eigenvalue weighted by Crippen LogP contribution is 2.74. The summed E-state index contributed by atoms with van der Waals surface area (Å²) in [7, 11) is 3.59. The van der Waals surface area contributed by atoms with Gasteiger partial charge in [-0.25, -0.2) is 0 Å². The lowest BCUT2D eigenvalue weighted by molar-refractivity contribution is -0.944. The van der Waals surface area contributed by atoms with Crippen molar-refractivity contribution >= 4 is 11.7 Å². The number of likely N-dealkylation sites (N-methyl/N-ethyl adjacent to an activating group) is 1. The van der Waals surface area contributed by atoms with E-state index < -0.39 is 22.6 Å². The number of quaternary nitrogens is 1. The number of methoxy groups -OCH3 is 1. The zero-order valence-corrected chi connectivity index (χ0v) is 17.9. The van der Waals surface area contributed by atoms with Gasteiger partial charge in [-0.1, -0.05) is 24.3 Å². The molecule has 6 nitrogen and oxygen atoms in total. The first kappa shape index (κ1) is 20.7. The van der Waals surface area contributed by atoms with Crippen LogP contribution in [0.5, 0.6) is 0 Å². The number of benzene rings is 1. The van der Waals surface area contributed by atoms with Crippen molar-refractivity contribution in [1.29, 1.82) is 0 Å². The molecule has 1 aliphatic carbocycles. The molecular formula is C22H29ClN2O4. The molecule has 4 heterocycles. The van der Waals surface area contributed by atoms with Gasteiger partial charge in [0.2, 0.25) is 5.66 Å². The molecule has 3 saturated heterocycles. The summed E-state index contributed by atoms with van der Waals surface area (Å²) in [5, 5.41) is 26.2. The van der Waals surface area contributed by atoms with Crippen LogP contribution in [-0.4, -0.2) is 66.3 Å². The summed E-state index contributed by atoms with van der Waals surface area (Å²) >= 11 is 0. The number of hydrogen-bond acceptors (Lipinski definition) is 5. The van der Waals surface area contributed by atoms with Gasteiger partial charge < -0.3 is 32.7 Å². The van der Waals surface area contributed by atoms with E-state index in [-0.39, 0.29) is 30.9 Å². The number of ether oxygens (including phenoxy) is 1. The van der Waals surface area contributed by atoms with Crippen LogP contribution in [-0.2, 0) is 14.9 Å². The minimum absolute atomic E-state index is 0. The zero-order chi connectivity index (χ0) is 19.9. The SMILES string of the molecule is C/C=C1/C[N@+]2(C)CC[C@@]34c5ccccc5N[C@]32[C@@H](O)C[C@@H]1[C@@]4(CO)C(=O)OC.[Cl-]. The highest BCUT2D eigenvalue weighted by molar-refractivity contribution is 5.85. The summed E-state index contributed by atoms with van der Waals surface area (Å²) < 4.78 is 5.98. The lowest BCUT2D eigenvalue weighted by atomic mass is 9.45. The Hall–Kier alpha value is -1.60. The molecule has 1 saturated carbocycles. The quantitative estimate of drug-likeness (QED) is 0.305. The molecule has 4 fully saturated rings. The average Bonchev–Trinajstić information content (AvgIpc) is 3.12. The first-order valence-electron chi connectivity index (χ1n) is 10.1. The fourth-order valence-electron chi connectivity index (χ4n) is 7.70. The molecule has 6 rings (SSSR count). The number of hydrogen-bond donors (Lipinski definition) is 3. The maximum Gasteiger partial charge on any atom is 0.316 e. The Morgan fingerprint density at radius 3 is 2.79 bits per heavy atom. The molecular weight excluding hydrogens is 392 g/mol. The van der Waals surface area contributed by atoms with Gasteiger partial charge in [0.05, 0.1) is 32.7 Å². The van der Waals surface area contributed by atoms with Gasteiger partial charge in [0, 0.05) is 18.0 Å². The van der Waals surface area contributed by atoms with Gasteiger partial charge in [-0.2, -0.15) is 0 Å². The monoisotopic (exact) mass is 420 g/mol. The van der Waals surface area contributed by atoms with Crippen LogP contribution in [0.3, 0.4) is 0 Å². The molecule has 7 heteroatoms. The van der Waals surface area contributed by atoms with Crippen LogP contribution in [0.1, 0.15) is 25.3 Å². The van der Waals surface area contributed by atoms with Crippen molar-refractivity contribution in [3.63, 3.8) is 0 Å². The molecule has 0 radical (unpaired) electrons. The van der Waals surface area contributed by atoms with Crippen LogP contribution in [0.4, 0.5) is 5.69 Å². The second kappa shape index (κ2) is 6.20. The minimum Gasteiger partial charge on any atom is -1.00 e. The number of nitrogens with zero attached hydrogens (tertiary/aromatic N) is 1. The second-order valence-electron chi connectivity index (χ2n) is 9.16. The third-order valence-corrected chi connectivity index (χ3v) is 8.64. The van der Waals surface area contributed by atoms with E-state index in [2.05, 4.69) is 24.5 Å². The molecule has 5 aliphatic rings. The molecule has 1 spiro atoms. The molecule has 0 aromatic heterocycles. The zero-order valence-electron chi connectivity index (χ0n) is 17.1. The molecule has 4 aliphatic heterocycles. The van der Waals surface area contributed by atoms with E-state index >= 15 is 0 Å². The van der Waals surface area contributed by atoms with E-state index in [1.807, 2.05) is 25.1 Å². The highest BCUT2D eigenvalue weighted by Gasteiger charge is 2.88. The van der Waals surface area contributed by atoms with E-state index in [4.69, 9.17) is 4.74 Å². The predicted molar refractivity (Wildman–Crippen MR) is 104 cm³/mol. The minimum atomic E-state index is -1.13. The third kappa shape index (κ3) is 1.84. The number of aliphatic hydroxyl groups excluding tert-OH is 2. The normalized spacial score (nSPS) is 45.1. The van der Waals surface area contributed by atoms with Gasteiger partial charge in [-0.15, -0.1) is 0 Å². The number of para-hydroxylation sites is 1. The van der Waals surface area contributed by atoms with Crippen LogP contribution >= 0.6 is 0 Å². The first-order chi connectivity index (χ1) is 13.4. The Bertz CT molecular complexity index is 907. The number of anilines is 1. The van der Waals surface area contributed by atoms with Crippen LogP contribution in [0, 0.1) is 11.3 Å². The van der Waals surface area contributed by atoms with Crippen molar-refractivity contribution < 1.29 is 36.6 Å². The van der Waals surface area contributed by atoms with Crippen LogP contribution in [0.2, 0.25) is 0 Å². The highest BCUT2D eigenvalue weighted by atomic mass is 35.5. The molecule has 6 atom stereocenters. The Kier molecular flexibility index (Phi) is 4.42. The van der Waals surface area contributed by atoms with Crippen LogP contribution in [0.15, 0.2) is 35.9 Å². The number of carbonyl (C=O) groups is 1. The summed E-state index contributed by atoms with van der Waals surface area (Å²) in [6, 6.07) is 8.04. The number of esters is 1. The fourth-order valence-corrected chi connectivity index (χ4v) is 7.70. The molecule has 3 N–H and O–H groups in total. The molecule has 29 heavy (non-hydrogen) atoms. The standard InChI is InChI=1S/C22H29N2O4.ClH/c1-4-14-12-24(2)10-9-21-15-7-5-6-8-17(15)23-22(21,24)18(26)11-16(14)20(21,13-25)19(27)28-3;/h4-8,16,18,23,25-26H,9-13H2,1-3H3;1H/q+1;/p-1/b14-4-;/t16-,18-,20-,21-,22-,24-;/m0./s1. The van der Waals surface area contributed by atoms with E-state index in [1.54, 1.807) is 0 Å². The Balaban J connectivity index is 0.00000205. The maximum absolute atomic E-state index is 13.5. The molecule has 1 aromatic carbocycles. The van der Waals surface area contributed by atoms with E-state index in [0.717, 1.165) is 29.9 Å². The summed E-state index contributed by atoms with van der Waals surface area (Å²) in [6.45, 7) is 3.26. The number of carbonyl (C=O) groups excluding carboxylic acids is 1. The number of fused-ring (bicyclic) bond motifs is 3. The third-order valence-electron chi connectivity index (χ3n) is 8.64. The predicted octanol–water partition coefficient (Wildman–Crippen LogP) is -1.61. The molecule has 158 valence electrons. The van der Waals surface area contributed by atoms with Gasteiger partial charge in [0.1, 0.15) is 18.1 Å². The Labute approximate surface area is 177 Å².